The monoisotopic (exact) mass is 85.0 g/mol. The second-order valence-electron chi connectivity index (χ2n) is 0.167. The molecule has 0 unspecified atom stereocenters. The van der Waals surface area contributed by atoms with Crippen LogP contribution in [0.3, 0.4) is 0 Å². The molecule has 0 bridgehead atoms. The van der Waals surface area contributed by atoms with E-state index >= 15 is 0 Å². The van der Waals surface area contributed by atoms with Gasteiger partial charge in [-0.05, 0) is 0 Å². The van der Waals surface area contributed by atoms with Crippen molar-refractivity contribution >= 4 is 11.7 Å². The second kappa shape index (κ2) is 23.1. The van der Waals surface area contributed by atoms with Crippen molar-refractivity contribution in [2.45, 2.75) is 0 Å². The molecule has 0 N–H and O–H groups in total. The SMILES string of the molecule is C[S+]=O.[CH3-].[Li+]. The van der Waals surface area contributed by atoms with E-state index in [9.17, 15) is 0 Å². The first-order chi connectivity index (χ1) is 1.41. The standard InChI is InChI=1S/CH3OS.CH3.Li/c1-3-2;;/h1H3;1H3;/q+1;-1;+1. The Kier molecular flexibility index (Phi) is 80.8. The third kappa shape index (κ3) is 83.0. The quantitative estimate of drug-likeness (QED) is 0.180. The van der Waals surface area contributed by atoms with E-state index in [1.54, 1.807) is 0 Å². The summed E-state index contributed by atoms with van der Waals surface area (Å²) in [6.45, 7) is 0. The molecule has 0 atom stereocenters. The summed E-state index contributed by atoms with van der Waals surface area (Å²) in [6.07, 6.45) is 1.49. The molecule has 0 saturated carbocycles. The molecule has 0 saturated heterocycles. The van der Waals surface area contributed by atoms with Gasteiger partial charge in [-0.1, -0.05) is 0 Å². The maximum atomic E-state index is 8.85. The third-order valence-corrected chi connectivity index (χ3v) is 0. The molecule has 0 fully saturated rings. The topological polar surface area (TPSA) is 17.1 Å². The molecule has 26 valence electrons. The summed E-state index contributed by atoms with van der Waals surface area (Å²) in [4.78, 5) is 0. The Morgan fingerprint density at radius 3 is 1.60 bits per heavy atom. The molecule has 0 aromatic carbocycles. The molecule has 0 rings (SSSR count). The first-order valence-electron chi connectivity index (χ1n) is 0.575. The molecule has 0 heterocycles. The molecule has 0 aromatic rings. The van der Waals surface area contributed by atoms with Gasteiger partial charge in [0.2, 0.25) is 6.26 Å². The van der Waals surface area contributed by atoms with Crippen LogP contribution in [0.15, 0.2) is 0 Å². The van der Waals surface area contributed by atoms with Crippen molar-refractivity contribution in [3.05, 3.63) is 7.43 Å². The van der Waals surface area contributed by atoms with Gasteiger partial charge in [-0.3, -0.25) is 0 Å². The molecule has 5 heavy (non-hydrogen) atoms. The van der Waals surface area contributed by atoms with E-state index in [-0.39, 0.29) is 26.3 Å². The van der Waals surface area contributed by atoms with Crippen molar-refractivity contribution in [3.63, 3.8) is 0 Å². The van der Waals surface area contributed by atoms with Gasteiger partial charge < -0.3 is 7.43 Å². The van der Waals surface area contributed by atoms with Gasteiger partial charge >= 0.3 is 30.5 Å². The molecule has 0 aromatic heterocycles. The molecule has 0 aliphatic rings. The van der Waals surface area contributed by atoms with Gasteiger partial charge in [0.1, 0.15) is 0 Å². The van der Waals surface area contributed by atoms with Crippen LogP contribution < -0.4 is 18.9 Å². The summed E-state index contributed by atoms with van der Waals surface area (Å²) in [6, 6.07) is 0. The van der Waals surface area contributed by atoms with Crippen LogP contribution in [-0.4, -0.2) is 6.26 Å². The maximum Gasteiger partial charge on any atom is 1.00 e. The van der Waals surface area contributed by atoms with Gasteiger partial charge in [-0.25, -0.2) is 0 Å². The predicted octanol–water partition coefficient (Wildman–Crippen LogP) is -2.50. The Morgan fingerprint density at radius 1 is 1.60 bits per heavy atom. The van der Waals surface area contributed by atoms with Gasteiger partial charge in [0.15, 0.2) is 0 Å². The molecule has 0 aliphatic heterocycles. The normalized spacial score (nSPS) is 2.60. The molecule has 0 spiro atoms. The zero-order valence-electron chi connectivity index (χ0n) is 3.82. The molecule has 1 nitrogen and oxygen atoms in total. The molecule has 0 amide bonds. The van der Waals surface area contributed by atoms with Gasteiger partial charge in [-0.2, -0.15) is 0 Å². The molecular formula is C2H6LiOS+. The Labute approximate surface area is 48.8 Å². The Bertz CT molecular complexity index is 17.1. The molecule has 0 aliphatic carbocycles. The Balaban J connectivity index is -0.0000000200. The minimum Gasteiger partial charge on any atom is -0.358 e. The van der Waals surface area contributed by atoms with Crippen LogP contribution >= 0.6 is 0 Å². The van der Waals surface area contributed by atoms with Crippen LogP contribution in [0.4, 0.5) is 0 Å². The summed E-state index contributed by atoms with van der Waals surface area (Å²) >= 11 is 0.500. The van der Waals surface area contributed by atoms with Crippen molar-refractivity contribution in [2.24, 2.45) is 0 Å². The summed E-state index contributed by atoms with van der Waals surface area (Å²) < 4.78 is 8.85. The average molecular weight is 85.1 g/mol. The number of hydrogen-bond donors (Lipinski definition) is 0. The molecule has 3 heteroatoms. The van der Waals surface area contributed by atoms with E-state index in [0.29, 0.717) is 11.7 Å². The van der Waals surface area contributed by atoms with E-state index < -0.39 is 0 Å². The fraction of sp³-hybridized carbons (Fsp3) is 0.500. The van der Waals surface area contributed by atoms with Crippen LogP contribution in [0.2, 0.25) is 0 Å². The predicted molar refractivity (Wildman–Crippen MR) is 20.4 cm³/mol. The smallest absolute Gasteiger partial charge is 0.358 e. The zero-order valence-corrected chi connectivity index (χ0v) is 4.63. The Hall–Kier alpha value is 0.617. The maximum absolute atomic E-state index is 8.85. The van der Waals surface area contributed by atoms with Crippen LogP contribution in [0.25, 0.3) is 0 Å². The Morgan fingerprint density at radius 2 is 1.60 bits per heavy atom. The van der Waals surface area contributed by atoms with Crippen LogP contribution in [0.5, 0.6) is 0 Å². The van der Waals surface area contributed by atoms with Crippen molar-refractivity contribution in [1.82, 2.24) is 0 Å². The number of rotatable bonds is 0. The third-order valence-electron chi connectivity index (χ3n) is 0. The fourth-order valence-electron chi connectivity index (χ4n) is 0. The summed E-state index contributed by atoms with van der Waals surface area (Å²) in [7, 11) is 0. The van der Waals surface area contributed by atoms with Gasteiger partial charge in [0.25, 0.3) is 0 Å². The van der Waals surface area contributed by atoms with Gasteiger partial charge in [0.05, 0.1) is 0 Å². The van der Waals surface area contributed by atoms with Crippen LogP contribution in [0, 0.1) is 7.43 Å². The van der Waals surface area contributed by atoms with Gasteiger partial charge in [-0.15, -0.1) is 0 Å². The second-order valence-corrected chi connectivity index (χ2v) is 0.500. The summed E-state index contributed by atoms with van der Waals surface area (Å²) in [5.74, 6) is 0. The minimum atomic E-state index is 0. The van der Waals surface area contributed by atoms with E-state index in [4.69, 9.17) is 4.21 Å². The van der Waals surface area contributed by atoms with Crippen molar-refractivity contribution in [2.75, 3.05) is 6.26 Å². The summed E-state index contributed by atoms with van der Waals surface area (Å²) in [5, 5.41) is 0. The summed E-state index contributed by atoms with van der Waals surface area (Å²) in [5.41, 5.74) is 0. The van der Waals surface area contributed by atoms with Crippen LogP contribution in [0.1, 0.15) is 0 Å². The first-order valence-corrected chi connectivity index (χ1v) is 1.72. The van der Waals surface area contributed by atoms with E-state index in [2.05, 4.69) is 0 Å². The minimum absolute atomic E-state index is 0. The van der Waals surface area contributed by atoms with E-state index in [1.807, 2.05) is 0 Å². The largest absolute Gasteiger partial charge is 1.00 e. The fourth-order valence-corrected chi connectivity index (χ4v) is 0. The van der Waals surface area contributed by atoms with Gasteiger partial charge in [0, 0.05) is 4.21 Å². The van der Waals surface area contributed by atoms with Crippen molar-refractivity contribution < 1.29 is 23.1 Å². The number of hydrogen-bond acceptors (Lipinski definition) is 1. The van der Waals surface area contributed by atoms with Crippen LogP contribution in [-0.2, 0) is 15.9 Å². The van der Waals surface area contributed by atoms with E-state index in [0.717, 1.165) is 0 Å². The van der Waals surface area contributed by atoms with Crippen molar-refractivity contribution in [3.8, 4) is 0 Å². The van der Waals surface area contributed by atoms with E-state index in [1.165, 1.54) is 6.26 Å². The van der Waals surface area contributed by atoms with Crippen molar-refractivity contribution in [1.29, 1.82) is 0 Å². The average Bonchev–Trinajstić information content (AvgIpc) is 0.918. The molecule has 0 radical (unpaired) electrons. The molecular weight excluding hydrogens is 79.0 g/mol. The first kappa shape index (κ1) is 17.5. The zero-order chi connectivity index (χ0) is 2.71.